The van der Waals surface area contributed by atoms with Crippen LogP contribution in [0.1, 0.15) is 20.8 Å². The molecule has 4 heteroatoms. The first-order chi connectivity index (χ1) is 5.58. The van der Waals surface area contributed by atoms with E-state index < -0.39 is 0 Å². The Kier molecular flexibility index (Phi) is 5.41. The van der Waals surface area contributed by atoms with E-state index in [2.05, 4.69) is 0 Å². The summed E-state index contributed by atoms with van der Waals surface area (Å²) in [5.74, 6) is 0. The second-order valence-electron chi connectivity index (χ2n) is 3.00. The molecule has 0 aliphatic rings. The van der Waals surface area contributed by atoms with Gasteiger partial charge in [-0.05, 0) is 13.8 Å². The standard InChI is InChI=1S/C8H21N2O2/c1-4-9(11)7-8-10(12,5-2)6-3/h11-12H,4-8H2,1-3H3/q+1. The lowest BCUT2D eigenvalue weighted by molar-refractivity contribution is -1.10. The highest BCUT2D eigenvalue weighted by Crippen LogP contribution is 1.99. The van der Waals surface area contributed by atoms with E-state index in [0.717, 1.165) is 0 Å². The molecule has 0 aliphatic heterocycles. The molecule has 0 unspecified atom stereocenters. The minimum absolute atomic E-state index is 0.0387. The van der Waals surface area contributed by atoms with Crippen LogP contribution in [-0.4, -0.2) is 52.8 Å². The van der Waals surface area contributed by atoms with Crippen LogP contribution in [0.5, 0.6) is 0 Å². The van der Waals surface area contributed by atoms with E-state index in [-0.39, 0.29) is 4.65 Å². The number of hydroxylamine groups is 5. The topological polar surface area (TPSA) is 43.7 Å². The van der Waals surface area contributed by atoms with Gasteiger partial charge in [0, 0.05) is 6.54 Å². The van der Waals surface area contributed by atoms with Gasteiger partial charge < -0.3 is 5.21 Å². The van der Waals surface area contributed by atoms with E-state index in [1.807, 2.05) is 20.8 Å². The molecule has 0 aliphatic carbocycles. The van der Waals surface area contributed by atoms with Gasteiger partial charge in [-0.1, -0.05) is 6.92 Å². The molecule has 0 radical (unpaired) electrons. The zero-order valence-electron chi connectivity index (χ0n) is 8.32. The number of likely N-dealkylation sites (N-methyl/N-ethyl adjacent to an activating group) is 2. The van der Waals surface area contributed by atoms with Crippen molar-refractivity contribution in [2.45, 2.75) is 20.8 Å². The van der Waals surface area contributed by atoms with Gasteiger partial charge in [0.05, 0.1) is 6.54 Å². The molecular weight excluding hydrogens is 156 g/mol. The van der Waals surface area contributed by atoms with Gasteiger partial charge in [0.15, 0.2) is 0 Å². The normalized spacial score (nSPS) is 12.5. The summed E-state index contributed by atoms with van der Waals surface area (Å²) in [6.45, 7) is 8.85. The van der Waals surface area contributed by atoms with Gasteiger partial charge >= 0.3 is 0 Å². The quantitative estimate of drug-likeness (QED) is 0.469. The summed E-state index contributed by atoms with van der Waals surface area (Å²) < 4.78 is 0.0387. The molecule has 12 heavy (non-hydrogen) atoms. The van der Waals surface area contributed by atoms with E-state index in [1.165, 1.54) is 5.06 Å². The third-order valence-electron chi connectivity index (χ3n) is 2.32. The lowest BCUT2D eigenvalue weighted by Gasteiger charge is -2.28. The number of nitrogens with zero attached hydrogens (tertiary/aromatic N) is 2. The Bertz CT molecular complexity index is 116. The summed E-state index contributed by atoms with van der Waals surface area (Å²) in [5.41, 5.74) is 0. The number of hydrogen-bond donors (Lipinski definition) is 2. The Morgan fingerprint density at radius 3 is 2.00 bits per heavy atom. The number of quaternary nitrogens is 1. The van der Waals surface area contributed by atoms with E-state index in [4.69, 9.17) is 5.21 Å². The molecule has 0 saturated heterocycles. The predicted octanol–water partition coefficient (Wildman–Crippen LogP) is 0.943. The van der Waals surface area contributed by atoms with Crippen molar-refractivity contribution in [1.29, 1.82) is 0 Å². The van der Waals surface area contributed by atoms with Gasteiger partial charge in [0.1, 0.15) is 19.6 Å². The molecule has 4 nitrogen and oxygen atoms in total. The van der Waals surface area contributed by atoms with Crippen LogP contribution in [0.25, 0.3) is 0 Å². The van der Waals surface area contributed by atoms with Crippen molar-refractivity contribution >= 4 is 0 Å². The fraction of sp³-hybridized carbons (Fsp3) is 1.00. The van der Waals surface area contributed by atoms with Crippen LogP contribution in [-0.2, 0) is 0 Å². The lowest BCUT2D eigenvalue weighted by atomic mass is 10.4. The lowest BCUT2D eigenvalue weighted by Crippen LogP contribution is -2.48. The molecule has 0 aromatic heterocycles. The smallest absolute Gasteiger partial charge is 0.124 e. The zero-order valence-corrected chi connectivity index (χ0v) is 8.32. The van der Waals surface area contributed by atoms with Crippen molar-refractivity contribution in [3.05, 3.63) is 0 Å². The first kappa shape index (κ1) is 11.8. The molecule has 0 saturated carbocycles. The third-order valence-corrected chi connectivity index (χ3v) is 2.32. The van der Waals surface area contributed by atoms with Crippen LogP contribution in [0.3, 0.4) is 0 Å². The van der Waals surface area contributed by atoms with Crippen LogP contribution in [0.15, 0.2) is 0 Å². The summed E-state index contributed by atoms with van der Waals surface area (Å²) in [4.78, 5) is 0. The van der Waals surface area contributed by atoms with Crippen molar-refractivity contribution in [3.8, 4) is 0 Å². The molecule has 0 bridgehead atoms. The van der Waals surface area contributed by atoms with Gasteiger partial charge in [-0.25, -0.2) is 5.21 Å². The van der Waals surface area contributed by atoms with E-state index in [1.54, 1.807) is 0 Å². The van der Waals surface area contributed by atoms with Gasteiger partial charge in [0.25, 0.3) is 0 Å². The fourth-order valence-corrected chi connectivity index (χ4v) is 1.000. The van der Waals surface area contributed by atoms with Crippen molar-refractivity contribution in [2.24, 2.45) is 0 Å². The van der Waals surface area contributed by atoms with Crippen LogP contribution in [0, 0.1) is 0 Å². The Morgan fingerprint density at radius 1 is 1.17 bits per heavy atom. The summed E-state index contributed by atoms with van der Waals surface area (Å²) in [5, 5.41) is 20.1. The highest BCUT2D eigenvalue weighted by atomic mass is 16.5. The van der Waals surface area contributed by atoms with Crippen molar-refractivity contribution in [2.75, 3.05) is 32.7 Å². The van der Waals surface area contributed by atoms with Gasteiger partial charge in [0.2, 0.25) is 0 Å². The summed E-state index contributed by atoms with van der Waals surface area (Å²) in [6.07, 6.45) is 0. The maximum absolute atomic E-state index is 9.77. The number of rotatable bonds is 6. The third kappa shape index (κ3) is 4.01. The van der Waals surface area contributed by atoms with E-state index in [9.17, 15) is 5.21 Å². The van der Waals surface area contributed by atoms with Crippen molar-refractivity contribution < 1.29 is 15.1 Å². The minimum Gasteiger partial charge on any atom is -0.314 e. The second kappa shape index (κ2) is 5.48. The summed E-state index contributed by atoms with van der Waals surface area (Å²) in [6, 6.07) is 0. The minimum atomic E-state index is 0.0387. The highest BCUT2D eigenvalue weighted by molar-refractivity contribution is 4.39. The monoisotopic (exact) mass is 177 g/mol. The largest absolute Gasteiger partial charge is 0.314 e. The first-order valence-electron chi connectivity index (χ1n) is 4.60. The number of hydrogen-bond acceptors (Lipinski definition) is 3. The van der Waals surface area contributed by atoms with Crippen LogP contribution in [0.2, 0.25) is 0 Å². The Labute approximate surface area is 74.5 Å². The van der Waals surface area contributed by atoms with Gasteiger partial charge in [-0.2, -0.15) is 9.71 Å². The molecule has 74 valence electrons. The SMILES string of the molecule is CCN(O)CC[N+](O)(CC)CC. The average molecular weight is 177 g/mol. The molecule has 0 heterocycles. The molecule has 0 amide bonds. The average Bonchev–Trinajstić information content (AvgIpc) is 2.13. The maximum Gasteiger partial charge on any atom is 0.124 e. The molecular formula is C8H21N2O2+. The van der Waals surface area contributed by atoms with Crippen LogP contribution in [0.4, 0.5) is 0 Å². The summed E-state index contributed by atoms with van der Waals surface area (Å²) >= 11 is 0. The highest BCUT2D eigenvalue weighted by Gasteiger charge is 2.20. The maximum atomic E-state index is 9.77. The molecule has 2 N–H and O–H groups in total. The van der Waals surface area contributed by atoms with Crippen LogP contribution >= 0.6 is 0 Å². The molecule has 0 atom stereocenters. The van der Waals surface area contributed by atoms with Crippen molar-refractivity contribution in [3.63, 3.8) is 0 Å². The van der Waals surface area contributed by atoms with Crippen molar-refractivity contribution in [1.82, 2.24) is 5.06 Å². The Balaban J connectivity index is 3.72. The van der Waals surface area contributed by atoms with E-state index in [0.29, 0.717) is 32.7 Å². The molecule has 0 spiro atoms. The summed E-state index contributed by atoms with van der Waals surface area (Å²) in [7, 11) is 0. The van der Waals surface area contributed by atoms with Gasteiger partial charge in [-0.3, -0.25) is 0 Å². The second-order valence-corrected chi connectivity index (χ2v) is 3.00. The Morgan fingerprint density at radius 2 is 1.67 bits per heavy atom. The fourth-order valence-electron chi connectivity index (χ4n) is 1.000. The first-order valence-corrected chi connectivity index (χ1v) is 4.60. The Hall–Kier alpha value is -0.160. The predicted molar refractivity (Wildman–Crippen MR) is 47.0 cm³/mol. The molecule has 0 rings (SSSR count). The molecule has 0 aromatic carbocycles. The van der Waals surface area contributed by atoms with Gasteiger partial charge in [-0.15, -0.1) is 0 Å². The molecule has 0 fully saturated rings. The molecule has 0 aromatic rings. The van der Waals surface area contributed by atoms with Crippen LogP contribution < -0.4 is 0 Å². The zero-order chi connectivity index (χ0) is 9.61. The van der Waals surface area contributed by atoms with E-state index >= 15 is 0 Å².